The zero-order valence-electron chi connectivity index (χ0n) is 21.5. The van der Waals surface area contributed by atoms with Crippen LogP contribution in [-0.4, -0.2) is 50.3 Å². The van der Waals surface area contributed by atoms with Gasteiger partial charge in [-0.25, -0.2) is 14.6 Å². The minimum Gasteiger partial charge on any atom is -0.480 e. The van der Waals surface area contributed by atoms with Crippen molar-refractivity contribution >= 4 is 40.5 Å². The number of benzene rings is 2. The lowest BCUT2D eigenvalue weighted by atomic mass is 9.95. The van der Waals surface area contributed by atoms with Crippen LogP contribution in [0.5, 0.6) is 5.75 Å². The second-order valence-corrected chi connectivity index (χ2v) is 10.2. The fraction of sp³-hybridized carbons (Fsp3) is 0.310. The van der Waals surface area contributed by atoms with Crippen LogP contribution >= 0.6 is 11.6 Å². The van der Waals surface area contributed by atoms with Gasteiger partial charge in [-0.15, -0.1) is 0 Å². The smallest absolute Gasteiger partial charge is 0.341 e. The lowest BCUT2D eigenvalue weighted by Gasteiger charge is -2.25. The van der Waals surface area contributed by atoms with E-state index < -0.39 is 30.5 Å². The van der Waals surface area contributed by atoms with E-state index in [0.29, 0.717) is 22.7 Å². The van der Waals surface area contributed by atoms with Crippen molar-refractivity contribution in [3.05, 3.63) is 71.1 Å². The van der Waals surface area contributed by atoms with E-state index in [1.165, 1.54) is 18.6 Å². The number of hydrogen-bond acceptors (Lipinski definition) is 6. The van der Waals surface area contributed by atoms with Gasteiger partial charge < -0.3 is 29.3 Å². The molecule has 0 bridgehead atoms. The summed E-state index contributed by atoms with van der Waals surface area (Å²) in [7, 11) is 0. The minimum atomic E-state index is -1.23. The Balaban J connectivity index is 1.37. The summed E-state index contributed by atoms with van der Waals surface area (Å²) >= 11 is 6.17. The van der Waals surface area contributed by atoms with Gasteiger partial charge in [0.1, 0.15) is 23.9 Å². The van der Waals surface area contributed by atoms with Crippen LogP contribution in [0.3, 0.4) is 0 Å². The van der Waals surface area contributed by atoms with Crippen molar-refractivity contribution in [1.29, 1.82) is 0 Å². The summed E-state index contributed by atoms with van der Waals surface area (Å²) in [6.45, 7) is -0.556. The fourth-order valence-electron chi connectivity index (χ4n) is 5.15. The predicted molar refractivity (Wildman–Crippen MR) is 147 cm³/mol. The van der Waals surface area contributed by atoms with Gasteiger partial charge in [-0.2, -0.15) is 0 Å². The third-order valence-corrected chi connectivity index (χ3v) is 7.36. The number of imidazole rings is 1. The van der Waals surface area contributed by atoms with Gasteiger partial charge in [0, 0.05) is 18.0 Å². The topological polar surface area (TPSA) is 144 Å². The predicted octanol–water partition coefficient (Wildman–Crippen LogP) is 5.34. The Labute approximate surface area is 234 Å². The normalized spacial score (nSPS) is 14.6. The largest absolute Gasteiger partial charge is 0.480 e. The van der Waals surface area contributed by atoms with E-state index in [1.807, 2.05) is 12.1 Å². The number of carbonyl (C=O) groups is 3. The summed E-state index contributed by atoms with van der Waals surface area (Å²) in [5.74, 6) is -1.95. The first kappa shape index (κ1) is 27.3. The van der Waals surface area contributed by atoms with Crippen molar-refractivity contribution in [2.75, 3.05) is 6.61 Å². The number of aliphatic carboxylic acids is 2. The molecule has 0 aliphatic heterocycles. The molecule has 1 aliphatic carbocycles. The molecule has 4 aromatic rings. The molecule has 5 rings (SSSR count). The molecule has 0 radical (unpaired) electrons. The van der Waals surface area contributed by atoms with Crippen LogP contribution in [0.25, 0.3) is 22.4 Å². The Kier molecular flexibility index (Phi) is 8.06. The summed E-state index contributed by atoms with van der Waals surface area (Å²) in [4.78, 5) is 40.7. The summed E-state index contributed by atoms with van der Waals surface area (Å²) in [5.41, 5.74) is 3.24. The molecule has 11 heteroatoms. The van der Waals surface area contributed by atoms with E-state index in [4.69, 9.17) is 30.8 Å². The van der Waals surface area contributed by atoms with Gasteiger partial charge in [-0.1, -0.05) is 36.9 Å². The first-order valence-electron chi connectivity index (χ1n) is 13.0. The van der Waals surface area contributed by atoms with Crippen molar-refractivity contribution in [2.24, 2.45) is 0 Å². The van der Waals surface area contributed by atoms with Gasteiger partial charge in [0.2, 0.25) is 0 Å². The summed E-state index contributed by atoms with van der Waals surface area (Å²) in [6.07, 6.45) is 8.84. The van der Waals surface area contributed by atoms with E-state index in [2.05, 4.69) is 9.88 Å². The number of ether oxygens (including phenoxy) is 1. The summed E-state index contributed by atoms with van der Waals surface area (Å²) in [6, 6.07) is 10.7. The Morgan fingerprint density at radius 2 is 1.90 bits per heavy atom. The molecule has 1 atom stereocenters. The highest BCUT2D eigenvalue weighted by Gasteiger charge is 2.25. The van der Waals surface area contributed by atoms with Gasteiger partial charge in [-0.05, 0) is 54.8 Å². The van der Waals surface area contributed by atoms with Crippen molar-refractivity contribution in [3.63, 3.8) is 0 Å². The number of nitrogens with one attached hydrogen (secondary N) is 1. The monoisotopic (exact) mass is 565 g/mol. The number of nitrogens with zero attached hydrogens (tertiary/aromatic N) is 2. The van der Waals surface area contributed by atoms with Gasteiger partial charge in [-0.3, -0.25) is 4.79 Å². The molecule has 1 amide bonds. The fourth-order valence-corrected chi connectivity index (χ4v) is 5.41. The third kappa shape index (κ3) is 5.96. The second-order valence-electron chi connectivity index (χ2n) is 9.83. The lowest BCUT2D eigenvalue weighted by Crippen LogP contribution is -2.42. The van der Waals surface area contributed by atoms with Crippen LogP contribution in [0.1, 0.15) is 54.1 Å². The number of carboxylic acid groups (broad SMARTS) is 2. The molecule has 40 heavy (non-hydrogen) atoms. The molecule has 208 valence electrons. The average Bonchev–Trinajstić information content (AvgIpc) is 3.60. The number of fused-ring (bicyclic) bond motifs is 1. The van der Waals surface area contributed by atoms with E-state index in [9.17, 15) is 19.5 Å². The zero-order chi connectivity index (χ0) is 28.2. The Hall–Kier alpha value is -4.31. The number of hydrogen-bond donors (Lipinski definition) is 3. The van der Waals surface area contributed by atoms with Crippen LogP contribution in [0.15, 0.2) is 59.4 Å². The van der Waals surface area contributed by atoms with Crippen LogP contribution in [0, 0.1) is 0 Å². The molecular weight excluding hydrogens is 538 g/mol. The lowest BCUT2D eigenvalue weighted by molar-refractivity contribution is -0.140. The standard InChI is InChI=1S/C29H28ClN3O7/c30-21-12-17(6-9-25(21)40-16-26(34)35)13-23(29(37)38)32-28(36)18-7-8-24-22(14-18)31-27(19-10-11-39-15-19)33(24)20-4-2-1-3-5-20/h6-12,14-15,20,23H,1-5,13,16H2,(H,32,36)(H,34,35)(H,37,38). The number of halogens is 1. The van der Waals surface area contributed by atoms with E-state index in [1.54, 1.807) is 30.7 Å². The van der Waals surface area contributed by atoms with Crippen molar-refractivity contribution in [2.45, 2.75) is 50.6 Å². The van der Waals surface area contributed by atoms with E-state index in [0.717, 1.165) is 42.6 Å². The molecule has 2 aromatic heterocycles. The Bertz CT molecular complexity index is 1540. The van der Waals surface area contributed by atoms with Gasteiger partial charge >= 0.3 is 11.9 Å². The molecule has 0 spiro atoms. The first-order valence-corrected chi connectivity index (χ1v) is 13.4. The zero-order valence-corrected chi connectivity index (χ0v) is 22.3. The van der Waals surface area contributed by atoms with Crippen molar-refractivity contribution < 1.29 is 33.8 Å². The van der Waals surface area contributed by atoms with Crippen LogP contribution in [-0.2, 0) is 16.0 Å². The molecule has 10 nitrogen and oxygen atoms in total. The number of amides is 1. The maximum Gasteiger partial charge on any atom is 0.341 e. The van der Waals surface area contributed by atoms with E-state index >= 15 is 0 Å². The molecule has 0 saturated heterocycles. The number of furan rings is 1. The highest BCUT2D eigenvalue weighted by Crippen LogP contribution is 2.36. The number of carbonyl (C=O) groups excluding carboxylic acids is 1. The highest BCUT2D eigenvalue weighted by molar-refractivity contribution is 6.32. The molecule has 2 aromatic carbocycles. The summed E-state index contributed by atoms with van der Waals surface area (Å²) < 4.78 is 12.6. The summed E-state index contributed by atoms with van der Waals surface area (Å²) in [5, 5.41) is 21.3. The highest BCUT2D eigenvalue weighted by atomic mass is 35.5. The van der Waals surface area contributed by atoms with Gasteiger partial charge in [0.05, 0.1) is 27.9 Å². The van der Waals surface area contributed by atoms with Gasteiger partial charge in [0.15, 0.2) is 6.61 Å². The number of aromatic nitrogens is 2. The van der Waals surface area contributed by atoms with Crippen molar-refractivity contribution in [3.8, 4) is 17.1 Å². The second kappa shape index (κ2) is 11.8. The molecule has 1 aliphatic rings. The Morgan fingerprint density at radius 3 is 2.58 bits per heavy atom. The quantitative estimate of drug-likeness (QED) is 0.233. The number of carboxylic acids is 2. The van der Waals surface area contributed by atoms with Crippen LogP contribution < -0.4 is 10.1 Å². The third-order valence-electron chi connectivity index (χ3n) is 7.06. The molecular formula is C29H28ClN3O7. The molecule has 1 saturated carbocycles. The molecule has 1 fully saturated rings. The average molecular weight is 566 g/mol. The van der Waals surface area contributed by atoms with Crippen LogP contribution in [0.2, 0.25) is 5.02 Å². The minimum absolute atomic E-state index is 0.0385. The first-order chi connectivity index (χ1) is 19.3. The molecule has 1 unspecified atom stereocenters. The van der Waals surface area contributed by atoms with Crippen LogP contribution in [0.4, 0.5) is 0 Å². The maximum atomic E-state index is 13.2. The van der Waals surface area contributed by atoms with Gasteiger partial charge in [0.25, 0.3) is 5.91 Å². The maximum absolute atomic E-state index is 13.2. The van der Waals surface area contributed by atoms with Crippen molar-refractivity contribution in [1.82, 2.24) is 14.9 Å². The SMILES string of the molecule is O=C(O)COc1ccc(CC(NC(=O)c2ccc3c(c2)nc(-c2ccoc2)n3C2CCCCC2)C(=O)O)cc1Cl. The number of rotatable bonds is 10. The Morgan fingerprint density at radius 1 is 1.10 bits per heavy atom. The van der Waals surface area contributed by atoms with E-state index in [-0.39, 0.29) is 17.2 Å². The molecule has 2 heterocycles. The molecule has 3 N–H and O–H groups in total.